The van der Waals surface area contributed by atoms with E-state index in [1.165, 1.54) is 0 Å². The van der Waals surface area contributed by atoms with Gasteiger partial charge < -0.3 is 9.84 Å². The zero-order chi connectivity index (χ0) is 17.3. The number of aromatic nitrogens is 2. The maximum atomic E-state index is 13.1. The minimum absolute atomic E-state index is 0.0946. The van der Waals surface area contributed by atoms with Crippen molar-refractivity contribution in [1.82, 2.24) is 19.8 Å². The van der Waals surface area contributed by atoms with Gasteiger partial charge in [0.05, 0.1) is 6.04 Å². The third-order valence-corrected chi connectivity index (χ3v) is 6.76. The number of rotatable bonds is 4. The molecule has 3 heterocycles. The summed E-state index contributed by atoms with van der Waals surface area (Å²) in [6.07, 6.45) is 7.28. The quantitative estimate of drug-likeness (QED) is 0.885. The summed E-state index contributed by atoms with van der Waals surface area (Å²) in [5.74, 6) is 0.767. The van der Waals surface area contributed by atoms with E-state index in [1.54, 1.807) is 16.7 Å². The smallest absolute Gasteiger partial charge is 0.220 e. The lowest BCUT2D eigenvalue weighted by atomic mass is 9.97. The third kappa shape index (κ3) is 3.33. The minimum atomic E-state index is -3.49. The van der Waals surface area contributed by atoms with E-state index in [-0.39, 0.29) is 11.8 Å². The Balaban J connectivity index is 1.61. The molecule has 0 radical (unpaired) electrons. The molecule has 4 rings (SSSR count). The van der Waals surface area contributed by atoms with Gasteiger partial charge in [0.1, 0.15) is 17.2 Å². The molecule has 25 heavy (non-hydrogen) atoms. The Labute approximate surface area is 147 Å². The van der Waals surface area contributed by atoms with Gasteiger partial charge in [-0.3, -0.25) is 4.98 Å². The van der Waals surface area contributed by atoms with Gasteiger partial charge in [0.2, 0.25) is 10.0 Å². The molecule has 1 fully saturated rings. The number of nitrogens with one attached hydrogen (secondary N) is 1. The Bertz CT molecular complexity index is 835. The van der Waals surface area contributed by atoms with Gasteiger partial charge in [0.25, 0.3) is 0 Å². The minimum Gasteiger partial charge on any atom is -0.361 e. The molecule has 1 atom stereocenters. The molecule has 8 heteroatoms. The fourth-order valence-corrected chi connectivity index (χ4v) is 5.39. The van der Waals surface area contributed by atoms with E-state index in [1.807, 2.05) is 12.1 Å². The summed E-state index contributed by atoms with van der Waals surface area (Å²) in [5, 5.41) is 7.34. The summed E-state index contributed by atoms with van der Waals surface area (Å²) in [6.45, 7) is 1.68. The molecule has 0 aromatic carbocycles. The van der Waals surface area contributed by atoms with Crippen molar-refractivity contribution >= 4 is 10.0 Å². The Morgan fingerprint density at radius 2 is 2.20 bits per heavy atom. The van der Waals surface area contributed by atoms with E-state index in [2.05, 4.69) is 15.5 Å². The van der Waals surface area contributed by atoms with Crippen LogP contribution in [-0.4, -0.2) is 42.5 Å². The van der Waals surface area contributed by atoms with E-state index >= 15 is 0 Å². The summed E-state index contributed by atoms with van der Waals surface area (Å²) >= 11 is 0. The molecule has 2 aromatic rings. The van der Waals surface area contributed by atoms with Crippen molar-refractivity contribution in [2.45, 2.75) is 37.5 Å². The average molecular weight is 362 g/mol. The monoisotopic (exact) mass is 362 g/mol. The van der Waals surface area contributed by atoms with Crippen LogP contribution in [0.2, 0.25) is 0 Å². The van der Waals surface area contributed by atoms with Crippen LogP contribution in [0.15, 0.2) is 29.0 Å². The second-order valence-corrected chi connectivity index (χ2v) is 8.53. The van der Waals surface area contributed by atoms with Gasteiger partial charge in [-0.15, -0.1) is 0 Å². The predicted molar refractivity (Wildman–Crippen MR) is 92.3 cm³/mol. The van der Waals surface area contributed by atoms with Crippen LogP contribution in [0, 0.1) is 0 Å². The van der Waals surface area contributed by atoms with Crippen LogP contribution in [-0.2, 0) is 28.6 Å². The van der Waals surface area contributed by atoms with Gasteiger partial charge in [-0.1, -0.05) is 11.2 Å². The lowest BCUT2D eigenvalue weighted by molar-refractivity contribution is 0.270. The number of pyridine rings is 1. The molecule has 1 unspecified atom stereocenters. The van der Waals surface area contributed by atoms with Gasteiger partial charge >= 0.3 is 0 Å². The number of aryl methyl sites for hydroxylation is 1. The Kier molecular flexibility index (Phi) is 4.58. The zero-order valence-corrected chi connectivity index (χ0v) is 14.8. The van der Waals surface area contributed by atoms with E-state index in [4.69, 9.17) is 4.52 Å². The van der Waals surface area contributed by atoms with Crippen molar-refractivity contribution < 1.29 is 12.9 Å². The molecule has 1 saturated heterocycles. The zero-order valence-electron chi connectivity index (χ0n) is 14.0. The summed E-state index contributed by atoms with van der Waals surface area (Å²) in [5.41, 5.74) is 2.49. The molecule has 2 aliphatic rings. The Hall–Kier alpha value is -1.77. The molecule has 2 aromatic heterocycles. The number of fused-ring (bicyclic) bond motifs is 1. The number of sulfonamides is 1. The van der Waals surface area contributed by atoms with Gasteiger partial charge in [0, 0.05) is 44.0 Å². The lowest BCUT2D eigenvalue weighted by Gasteiger charge is -2.35. The highest BCUT2D eigenvalue weighted by Crippen LogP contribution is 2.29. The number of hydrogen-bond donors (Lipinski definition) is 1. The Morgan fingerprint density at radius 1 is 1.32 bits per heavy atom. The number of hydrogen-bond acceptors (Lipinski definition) is 6. The van der Waals surface area contributed by atoms with Crippen LogP contribution >= 0.6 is 0 Å². The first kappa shape index (κ1) is 16.7. The first-order valence-electron chi connectivity index (χ1n) is 8.71. The molecule has 0 saturated carbocycles. The molecule has 0 amide bonds. The molecule has 0 spiro atoms. The fourth-order valence-electron chi connectivity index (χ4n) is 3.69. The third-order valence-electron chi connectivity index (χ3n) is 4.97. The summed E-state index contributed by atoms with van der Waals surface area (Å²) in [4.78, 5) is 4.13. The summed E-state index contributed by atoms with van der Waals surface area (Å²) in [6, 6.07) is 3.52. The fraction of sp³-hybridized carbons (Fsp3) is 0.529. The maximum absolute atomic E-state index is 13.1. The number of nitrogens with zero attached hydrogens (tertiary/aromatic N) is 3. The van der Waals surface area contributed by atoms with Gasteiger partial charge in [-0.05, 0) is 30.9 Å². The second-order valence-electron chi connectivity index (χ2n) is 6.61. The van der Waals surface area contributed by atoms with Crippen LogP contribution < -0.4 is 5.32 Å². The van der Waals surface area contributed by atoms with Crippen molar-refractivity contribution in [1.29, 1.82) is 0 Å². The van der Waals surface area contributed by atoms with Crippen molar-refractivity contribution in [2.24, 2.45) is 0 Å². The molecule has 134 valence electrons. The van der Waals surface area contributed by atoms with Gasteiger partial charge in [-0.2, -0.15) is 4.31 Å². The largest absolute Gasteiger partial charge is 0.361 e. The Morgan fingerprint density at radius 3 is 3.04 bits per heavy atom. The average Bonchev–Trinajstić information content (AvgIpc) is 3.05. The normalized spacial score (nSPS) is 21.8. The van der Waals surface area contributed by atoms with E-state index in [9.17, 15) is 8.42 Å². The molecular formula is C17H22N4O3S. The second kappa shape index (κ2) is 6.86. The molecular weight excluding hydrogens is 340 g/mol. The molecule has 7 nitrogen and oxygen atoms in total. The van der Waals surface area contributed by atoms with Crippen molar-refractivity contribution in [3.63, 3.8) is 0 Å². The predicted octanol–water partition coefficient (Wildman–Crippen LogP) is 1.42. The highest BCUT2D eigenvalue weighted by atomic mass is 32.2. The summed E-state index contributed by atoms with van der Waals surface area (Å²) in [7, 11) is -3.49. The van der Waals surface area contributed by atoms with Crippen LogP contribution in [0.25, 0.3) is 0 Å². The molecule has 1 aliphatic heterocycles. The van der Waals surface area contributed by atoms with Crippen molar-refractivity contribution in [3.8, 4) is 0 Å². The number of piperazine rings is 1. The van der Waals surface area contributed by atoms with Crippen LogP contribution in [0.4, 0.5) is 0 Å². The van der Waals surface area contributed by atoms with Crippen molar-refractivity contribution in [2.75, 3.05) is 19.6 Å². The van der Waals surface area contributed by atoms with Crippen LogP contribution in [0.1, 0.15) is 41.5 Å². The highest BCUT2D eigenvalue weighted by Gasteiger charge is 2.35. The lowest BCUT2D eigenvalue weighted by Crippen LogP contribution is -2.49. The maximum Gasteiger partial charge on any atom is 0.220 e. The first-order valence-corrected chi connectivity index (χ1v) is 10.3. The van der Waals surface area contributed by atoms with Gasteiger partial charge in [0.15, 0.2) is 0 Å². The summed E-state index contributed by atoms with van der Waals surface area (Å²) < 4.78 is 33.2. The van der Waals surface area contributed by atoms with E-state index < -0.39 is 10.0 Å². The molecule has 1 aliphatic carbocycles. The van der Waals surface area contributed by atoms with Crippen molar-refractivity contribution in [3.05, 3.63) is 47.1 Å². The van der Waals surface area contributed by atoms with Gasteiger partial charge in [-0.25, -0.2) is 8.42 Å². The van der Waals surface area contributed by atoms with Crippen LogP contribution in [0.5, 0.6) is 0 Å². The first-order chi connectivity index (χ1) is 12.1. The standard InChI is InChI=1S/C17H22N4O3S/c22-25(23,12-15-14-5-1-2-6-17(14)24-20-15)21-9-8-19-11-16(21)13-4-3-7-18-10-13/h3-4,7,10,16,19H,1-2,5-6,8-9,11-12H2. The molecule has 1 N–H and O–H groups in total. The molecule has 0 bridgehead atoms. The highest BCUT2D eigenvalue weighted by molar-refractivity contribution is 7.88. The van der Waals surface area contributed by atoms with E-state index in [0.717, 1.165) is 42.6 Å². The van der Waals surface area contributed by atoms with E-state index in [0.29, 0.717) is 25.3 Å². The topological polar surface area (TPSA) is 88.3 Å². The van der Waals surface area contributed by atoms with Crippen LogP contribution in [0.3, 0.4) is 0 Å². The SMILES string of the molecule is O=S(=O)(Cc1noc2c1CCCC2)N1CCNCC1c1cccnc1.